The fraction of sp³-hybridized carbons (Fsp3) is 0.375. The van der Waals surface area contributed by atoms with Gasteiger partial charge in [-0.15, -0.1) is 0 Å². The summed E-state index contributed by atoms with van der Waals surface area (Å²) in [6.07, 6.45) is -2.44. The van der Waals surface area contributed by atoms with E-state index in [-0.39, 0.29) is 31.7 Å². The van der Waals surface area contributed by atoms with E-state index in [4.69, 9.17) is 0 Å². The maximum absolute atomic E-state index is 14.0. The molecule has 0 bridgehead atoms. The summed E-state index contributed by atoms with van der Waals surface area (Å²) in [5, 5.41) is 0. The van der Waals surface area contributed by atoms with E-state index in [0.29, 0.717) is 16.0 Å². The highest BCUT2D eigenvalue weighted by Crippen LogP contribution is 2.27. The van der Waals surface area contributed by atoms with Crippen molar-refractivity contribution in [3.63, 3.8) is 0 Å². The molecule has 2 rings (SSSR count). The summed E-state index contributed by atoms with van der Waals surface area (Å²) in [4.78, 5) is 23.2. The zero-order valence-corrected chi connectivity index (χ0v) is 12.8. The fourth-order valence-electron chi connectivity index (χ4n) is 2.43. The lowest BCUT2D eigenvalue weighted by Crippen LogP contribution is -2.43. The third kappa shape index (κ3) is 4.12. The van der Waals surface area contributed by atoms with E-state index < -0.39 is 23.9 Å². The molecule has 0 atom stereocenters. The number of hydrogen-bond donors (Lipinski definition) is 0. The number of carbonyl (C=O) groups excluding carboxylic acids is 2. The largest absolute Gasteiger partial charge is 0.471 e. The molecule has 8 heteroatoms. The lowest BCUT2D eigenvalue weighted by molar-refractivity contribution is -0.186. The van der Waals surface area contributed by atoms with Gasteiger partial charge in [-0.3, -0.25) is 4.79 Å². The summed E-state index contributed by atoms with van der Waals surface area (Å²) in [5.74, 6) is -3.23. The van der Waals surface area contributed by atoms with E-state index in [1.807, 2.05) is 0 Å². The Morgan fingerprint density at radius 2 is 2.00 bits per heavy atom. The third-order valence-electron chi connectivity index (χ3n) is 3.55. The van der Waals surface area contributed by atoms with Gasteiger partial charge in [0.25, 0.3) is 0 Å². The predicted molar refractivity (Wildman–Crippen MR) is 77.2 cm³/mol. The number of esters is 1. The number of fused-ring (bicyclic) bond motifs is 1. The molecule has 0 unspecified atom stereocenters. The van der Waals surface area contributed by atoms with Crippen molar-refractivity contribution in [1.82, 2.24) is 4.90 Å². The van der Waals surface area contributed by atoms with Crippen molar-refractivity contribution in [2.45, 2.75) is 26.1 Å². The lowest BCUT2D eigenvalue weighted by Gasteiger charge is -2.29. The summed E-state index contributed by atoms with van der Waals surface area (Å²) in [5.41, 5.74) is 1.10. The monoisotopic (exact) mass is 345 g/mol. The molecular weight excluding hydrogens is 330 g/mol. The van der Waals surface area contributed by atoms with Gasteiger partial charge in [-0.05, 0) is 42.7 Å². The van der Waals surface area contributed by atoms with Crippen LogP contribution in [0.1, 0.15) is 23.6 Å². The van der Waals surface area contributed by atoms with Gasteiger partial charge in [-0.2, -0.15) is 13.2 Å². The Bertz CT molecular complexity index is 683. The number of nitrogens with zero attached hydrogens (tertiary/aromatic N) is 1. The molecule has 1 aromatic rings. The van der Waals surface area contributed by atoms with E-state index in [1.165, 1.54) is 12.1 Å². The second-order valence-electron chi connectivity index (χ2n) is 5.20. The van der Waals surface area contributed by atoms with Crippen LogP contribution < -0.4 is 0 Å². The average molecular weight is 345 g/mol. The second-order valence-corrected chi connectivity index (χ2v) is 5.20. The van der Waals surface area contributed by atoms with Gasteiger partial charge in [0.1, 0.15) is 5.82 Å². The van der Waals surface area contributed by atoms with Crippen molar-refractivity contribution < 1.29 is 31.9 Å². The van der Waals surface area contributed by atoms with E-state index in [2.05, 4.69) is 4.74 Å². The van der Waals surface area contributed by atoms with E-state index >= 15 is 0 Å². The highest BCUT2D eigenvalue weighted by Gasteiger charge is 2.43. The van der Waals surface area contributed by atoms with Gasteiger partial charge in [-0.25, -0.2) is 9.18 Å². The number of benzene rings is 1. The molecule has 0 saturated heterocycles. The highest BCUT2D eigenvalue weighted by molar-refractivity contribution is 5.87. The van der Waals surface area contributed by atoms with E-state index in [0.717, 1.165) is 12.1 Å². The van der Waals surface area contributed by atoms with Crippen LogP contribution in [0.25, 0.3) is 6.08 Å². The Kier molecular flexibility index (Phi) is 5.26. The smallest absolute Gasteiger partial charge is 0.463 e. The van der Waals surface area contributed by atoms with Crippen LogP contribution in [0, 0.1) is 5.82 Å². The molecule has 1 heterocycles. The molecule has 0 spiro atoms. The number of ether oxygens (including phenoxy) is 1. The van der Waals surface area contributed by atoms with Gasteiger partial charge in [0.05, 0.1) is 6.61 Å². The van der Waals surface area contributed by atoms with Crippen molar-refractivity contribution in [3.8, 4) is 0 Å². The van der Waals surface area contributed by atoms with Crippen molar-refractivity contribution >= 4 is 18.0 Å². The fourth-order valence-corrected chi connectivity index (χ4v) is 2.43. The molecule has 0 aromatic heterocycles. The van der Waals surface area contributed by atoms with Crippen molar-refractivity contribution in [2.75, 3.05) is 13.2 Å². The van der Waals surface area contributed by atoms with Gasteiger partial charge in [0.2, 0.25) is 0 Å². The Labute approximate surface area is 135 Å². The first-order valence-electron chi connectivity index (χ1n) is 7.24. The standard InChI is InChI=1S/C16H15F4NO3/c1-2-24-14(22)4-3-11-7-10-5-6-21(15(23)16(18,19)20)9-12(10)8-13(11)17/h3-4,7-8H,2,5-6,9H2,1H3/b4-3+. The Morgan fingerprint density at radius 3 is 2.62 bits per heavy atom. The number of rotatable bonds is 3. The van der Waals surface area contributed by atoms with Crippen molar-refractivity contribution in [2.24, 2.45) is 0 Å². The topological polar surface area (TPSA) is 46.6 Å². The first-order chi connectivity index (χ1) is 11.2. The van der Waals surface area contributed by atoms with Gasteiger partial charge >= 0.3 is 18.1 Å². The molecule has 4 nitrogen and oxygen atoms in total. The SMILES string of the molecule is CCOC(=O)/C=C/c1cc2c(cc1F)CN(C(=O)C(F)(F)F)CC2. The summed E-state index contributed by atoms with van der Waals surface area (Å²) < 4.78 is 56.2. The molecule has 1 aliphatic rings. The number of halogens is 4. The number of hydrogen-bond acceptors (Lipinski definition) is 3. The molecule has 0 fully saturated rings. The molecule has 24 heavy (non-hydrogen) atoms. The second kappa shape index (κ2) is 7.02. The molecular formula is C16H15F4NO3. The maximum atomic E-state index is 14.0. The molecule has 1 amide bonds. The minimum atomic E-state index is -4.95. The Balaban J connectivity index is 2.19. The molecule has 1 aliphatic heterocycles. The van der Waals surface area contributed by atoms with Crippen LogP contribution in [0.5, 0.6) is 0 Å². The summed E-state index contributed by atoms with van der Waals surface area (Å²) in [7, 11) is 0. The quantitative estimate of drug-likeness (QED) is 0.481. The average Bonchev–Trinajstić information content (AvgIpc) is 2.51. The molecule has 0 radical (unpaired) electrons. The number of alkyl halides is 3. The van der Waals surface area contributed by atoms with Crippen LogP contribution in [0.3, 0.4) is 0 Å². The number of amides is 1. The third-order valence-corrected chi connectivity index (χ3v) is 3.55. The van der Waals surface area contributed by atoms with Crippen LogP contribution in [0.15, 0.2) is 18.2 Å². The van der Waals surface area contributed by atoms with Gasteiger partial charge in [-0.1, -0.05) is 0 Å². The van der Waals surface area contributed by atoms with E-state index in [1.54, 1.807) is 6.92 Å². The minimum absolute atomic E-state index is 0.0992. The van der Waals surface area contributed by atoms with Gasteiger partial charge < -0.3 is 9.64 Å². The first kappa shape index (κ1) is 18.0. The van der Waals surface area contributed by atoms with Crippen LogP contribution in [0.2, 0.25) is 0 Å². The molecule has 0 saturated carbocycles. The zero-order chi connectivity index (χ0) is 17.9. The molecule has 0 N–H and O–H groups in total. The summed E-state index contributed by atoms with van der Waals surface area (Å²) in [6.45, 7) is 1.43. The van der Waals surface area contributed by atoms with Crippen LogP contribution >= 0.6 is 0 Å². The van der Waals surface area contributed by atoms with Crippen molar-refractivity contribution in [3.05, 3.63) is 40.7 Å². The summed E-state index contributed by atoms with van der Waals surface area (Å²) >= 11 is 0. The van der Waals surface area contributed by atoms with E-state index in [9.17, 15) is 27.2 Å². The molecule has 130 valence electrons. The van der Waals surface area contributed by atoms with Crippen LogP contribution in [-0.2, 0) is 27.3 Å². The Hall–Kier alpha value is -2.38. The molecule has 0 aliphatic carbocycles. The van der Waals surface area contributed by atoms with Gasteiger partial charge in [0.15, 0.2) is 0 Å². The summed E-state index contributed by atoms with van der Waals surface area (Å²) in [6, 6.07) is 2.56. The first-order valence-corrected chi connectivity index (χ1v) is 7.24. The van der Waals surface area contributed by atoms with Crippen LogP contribution in [0.4, 0.5) is 17.6 Å². The zero-order valence-electron chi connectivity index (χ0n) is 12.8. The van der Waals surface area contributed by atoms with Gasteiger partial charge in [0, 0.05) is 24.7 Å². The Morgan fingerprint density at radius 1 is 1.29 bits per heavy atom. The maximum Gasteiger partial charge on any atom is 0.471 e. The normalized spacial score (nSPS) is 14.6. The molecule has 1 aromatic carbocycles. The minimum Gasteiger partial charge on any atom is -0.463 e. The highest BCUT2D eigenvalue weighted by atomic mass is 19.4. The lowest BCUT2D eigenvalue weighted by atomic mass is 9.96. The number of carbonyl (C=O) groups is 2. The van der Waals surface area contributed by atoms with Crippen LogP contribution in [-0.4, -0.2) is 36.1 Å². The predicted octanol–water partition coefficient (Wildman–Crippen LogP) is 2.85. The van der Waals surface area contributed by atoms with Crippen molar-refractivity contribution in [1.29, 1.82) is 0 Å².